The molecule has 3 rings (SSSR count). The third kappa shape index (κ3) is 3.49. The van der Waals surface area contributed by atoms with E-state index >= 15 is 0 Å². The second-order valence-electron chi connectivity index (χ2n) is 5.70. The van der Waals surface area contributed by atoms with E-state index in [1.54, 1.807) is 0 Å². The maximum atomic E-state index is 12.3. The number of hydrogen-bond donors (Lipinski definition) is 1. The van der Waals surface area contributed by atoms with Crippen LogP contribution in [-0.4, -0.2) is 15.7 Å². The highest BCUT2D eigenvalue weighted by molar-refractivity contribution is 5.84. The van der Waals surface area contributed by atoms with E-state index in [1.807, 2.05) is 6.92 Å². The fourth-order valence-electron chi connectivity index (χ4n) is 2.80. The van der Waals surface area contributed by atoms with Gasteiger partial charge < -0.3 is 9.25 Å². The van der Waals surface area contributed by atoms with Crippen molar-refractivity contribution in [3.8, 4) is 6.01 Å². The van der Waals surface area contributed by atoms with Gasteiger partial charge >= 0.3 is 11.6 Å². The zero-order chi connectivity index (χ0) is 16.2. The predicted octanol–water partition coefficient (Wildman–Crippen LogP) is 2.53. The lowest BCUT2D eigenvalue weighted by atomic mass is 9.99. The summed E-state index contributed by atoms with van der Waals surface area (Å²) in [7, 11) is 0. The molecule has 1 aliphatic carbocycles. The maximum absolute atomic E-state index is 12.3. The quantitative estimate of drug-likeness (QED) is 0.874. The molecular formula is C16H19N3O4. The first-order valence-corrected chi connectivity index (χ1v) is 7.97. The van der Waals surface area contributed by atoms with E-state index in [1.165, 1.54) is 12.5 Å². The van der Waals surface area contributed by atoms with Gasteiger partial charge in [0.25, 0.3) is 5.56 Å². The van der Waals surface area contributed by atoms with Gasteiger partial charge in [0.05, 0.1) is 5.71 Å². The molecule has 0 radical (unpaired) electrons. The average molecular weight is 317 g/mol. The number of aromatic amines is 1. The van der Waals surface area contributed by atoms with E-state index < -0.39 is 5.63 Å². The monoisotopic (exact) mass is 317 g/mol. The van der Waals surface area contributed by atoms with Crippen molar-refractivity contribution in [3.05, 3.63) is 32.4 Å². The molecule has 1 saturated carbocycles. The number of rotatable bonds is 4. The lowest BCUT2D eigenvalue weighted by molar-refractivity contribution is 0.307. The Labute approximate surface area is 132 Å². The molecule has 2 aromatic heterocycles. The molecule has 0 bridgehead atoms. The second-order valence-corrected chi connectivity index (χ2v) is 5.70. The van der Waals surface area contributed by atoms with Crippen LogP contribution in [0, 0.1) is 0 Å². The van der Waals surface area contributed by atoms with Gasteiger partial charge in [-0.15, -0.1) is 0 Å². The lowest BCUT2D eigenvalue weighted by Gasteiger charge is -2.11. The van der Waals surface area contributed by atoms with Crippen LogP contribution in [0.2, 0.25) is 0 Å². The summed E-state index contributed by atoms with van der Waals surface area (Å²) < 4.78 is 5.05. The molecule has 0 saturated heterocycles. The largest absolute Gasteiger partial charge is 0.403 e. The molecule has 23 heavy (non-hydrogen) atoms. The molecule has 0 spiro atoms. The van der Waals surface area contributed by atoms with Gasteiger partial charge in [-0.2, -0.15) is 4.98 Å². The van der Waals surface area contributed by atoms with Gasteiger partial charge in [0.15, 0.2) is 0 Å². The molecule has 0 amide bonds. The van der Waals surface area contributed by atoms with E-state index in [4.69, 9.17) is 9.25 Å². The zero-order valence-electron chi connectivity index (χ0n) is 13.1. The Kier molecular flexibility index (Phi) is 4.55. The van der Waals surface area contributed by atoms with Gasteiger partial charge in [0, 0.05) is 6.07 Å². The van der Waals surface area contributed by atoms with Crippen LogP contribution < -0.4 is 16.0 Å². The smallest absolute Gasteiger partial charge is 0.337 e. The number of fused-ring (bicyclic) bond motifs is 1. The van der Waals surface area contributed by atoms with E-state index in [9.17, 15) is 9.59 Å². The number of aryl methyl sites for hydroxylation is 1. The van der Waals surface area contributed by atoms with Crippen molar-refractivity contribution >= 4 is 16.8 Å². The van der Waals surface area contributed by atoms with Gasteiger partial charge in [-0.05, 0) is 37.7 Å². The molecule has 2 aromatic rings. The summed E-state index contributed by atoms with van der Waals surface area (Å²) in [5, 5.41) is 4.34. The summed E-state index contributed by atoms with van der Waals surface area (Å²) in [5.74, 6) is 0. The Morgan fingerprint density at radius 3 is 2.83 bits per heavy atom. The van der Waals surface area contributed by atoms with E-state index in [-0.39, 0.29) is 17.3 Å². The zero-order valence-corrected chi connectivity index (χ0v) is 13.1. The van der Waals surface area contributed by atoms with Gasteiger partial charge in [-0.1, -0.05) is 24.9 Å². The second kappa shape index (κ2) is 6.76. The molecule has 0 aromatic carbocycles. The van der Waals surface area contributed by atoms with Gasteiger partial charge in [0.1, 0.15) is 5.39 Å². The molecule has 1 fully saturated rings. The summed E-state index contributed by atoms with van der Waals surface area (Å²) in [6, 6.07) is 1.28. The van der Waals surface area contributed by atoms with Gasteiger partial charge in [-0.25, -0.2) is 4.79 Å². The van der Waals surface area contributed by atoms with Crippen molar-refractivity contribution in [1.82, 2.24) is 9.97 Å². The van der Waals surface area contributed by atoms with Crippen molar-refractivity contribution < 1.29 is 9.25 Å². The molecule has 0 atom stereocenters. The molecule has 1 aliphatic rings. The number of H-pyrrole nitrogens is 1. The van der Waals surface area contributed by atoms with Crippen LogP contribution >= 0.6 is 0 Å². The number of oxime groups is 1. The van der Waals surface area contributed by atoms with Crippen LogP contribution in [0.25, 0.3) is 11.1 Å². The third-order valence-electron chi connectivity index (χ3n) is 3.89. The standard InChI is InChI=1S/C16H19N3O4/c1-2-6-10-9-12(20)22-15-13(10)14(21)17-16(18-15)23-19-11-7-4-3-5-8-11/h9H,2-8H2,1H3,(H,17,18,21). The normalized spacial score (nSPS) is 14.9. The van der Waals surface area contributed by atoms with Gasteiger partial charge in [-0.3, -0.25) is 9.78 Å². The molecule has 7 heteroatoms. The highest BCUT2D eigenvalue weighted by atomic mass is 16.6. The lowest BCUT2D eigenvalue weighted by Crippen LogP contribution is -2.15. The van der Waals surface area contributed by atoms with E-state index in [2.05, 4.69) is 15.1 Å². The Morgan fingerprint density at radius 2 is 2.09 bits per heavy atom. The summed E-state index contributed by atoms with van der Waals surface area (Å²) in [5.41, 5.74) is 0.672. The number of aromatic nitrogens is 2. The highest BCUT2D eigenvalue weighted by Gasteiger charge is 2.13. The summed E-state index contributed by atoms with van der Waals surface area (Å²) >= 11 is 0. The summed E-state index contributed by atoms with van der Waals surface area (Å²) in [6.07, 6.45) is 6.61. The van der Waals surface area contributed by atoms with Crippen LogP contribution in [0.4, 0.5) is 0 Å². The number of nitrogens with zero attached hydrogens (tertiary/aromatic N) is 2. The van der Waals surface area contributed by atoms with Crippen molar-refractivity contribution in [2.45, 2.75) is 51.9 Å². The minimum Gasteiger partial charge on any atom is -0.403 e. The van der Waals surface area contributed by atoms with Crippen LogP contribution in [0.1, 0.15) is 51.0 Å². The van der Waals surface area contributed by atoms with Crippen LogP contribution in [0.15, 0.2) is 25.2 Å². The molecule has 122 valence electrons. The predicted molar refractivity (Wildman–Crippen MR) is 86.0 cm³/mol. The Bertz CT molecular complexity index is 843. The third-order valence-corrected chi connectivity index (χ3v) is 3.89. The minimum atomic E-state index is -0.524. The number of hydrogen-bond acceptors (Lipinski definition) is 6. The van der Waals surface area contributed by atoms with Crippen molar-refractivity contribution in [1.29, 1.82) is 0 Å². The number of nitrogens with one attached hydrogen (secondary N) is 1. The molecule has 2 heterocycles. The van der Waals surface area contributed by atoms with Crippen LogP contribution in [0.3, 0.4) is 0 Å². The van der Waals surface area contributed by atoms with Gasteiger partial charge in [0.2, 0.25) is 5.71 Å². The van der Waals surface area contributed by atoms with Crippen molar-refractivity contribution in [2.75, 3.05) is 0 Å². The molecule has 7 nitrogen and oxygen atoms in total. The fourth-order valence-corrected chi connectivity index (χ4v) is 2.80. The molecule has 0 unspecified atom stereocenters. The van der Waals surface area contributed by atoms with Crippen LogP contribution in [-0.2, 0) is 6.42 Å². The van der Waals surface area contributed by atoms with E-state index in [0.717, 1.165) is 37.8 Å². The highest BCUT2D eigenvalue weighted by Crippen LogP contribution is 2.17. The van der Waals surface area contributed by atoms with E-state index in [0.29, 0.717) is 17.4 Å². The first-order valence-electron chi connectivity index (χ1n) is 7.97. The fraction of sp³-hybridized carbons (Fsp3) is 0.500. The minimum absolute atomic E-state index is 0.0106. The topological polar surface area (TPSA) is 97.5 Å². The first-order chi connectivity index (χ1) is 11.2. The SMILES string of the molecule is CCCc1cc(=O)oc2nc(ON=C3CCCCC3)[nH]c(=O)c12. The maximum Gasteiger partial charge on any atom is 0.337 e. The Hall–Kier alpha value is -2.44. The molecular weight excluding hydrogens is 298 g/mol. The van der Waals surface area contributed by atoms with Crippen molar-refractivity contribution in [2.24, 2.45) is 5.16 Å². The Morgan fingerprint density at radius 1 is 1.30 bits per heavy atom. The Balaban J connectivity index is 1.97. The van der Waals surface area contributed by atoms with Crippen molar-refractivity contribution in [3.63, 3.8) is 0 Å². The average Bonchev–Trinajstić information content (AvgIpc) is 2.53. The molecule has 1 N–H and O–H groups in total. The summed E-state index contributed by atoms with van der Waals surface area (Å²) in [6.45, 7) is 1.97. The summed E-state index contributed by atoms with van der Waals surface area (Å²) in [4.78, 5) is 35.7. The van der Waals surface area contributed by atoms with Crippen LogP contribution in [0.5, 0.6) is 6.01 Å². The first kappa shape index (κ1) is 15.5. The molecule has 0 aliphatic heterocycles.